The number of hydrogen-bond donors (Lipinski definition) is 3. The third-order valence-corrected chi connectivity index (χ3v) is 8.32. The molecule has 0 amide bonds. The third kappa shape index (κ3) is 1.83. The van der Waals surface area contributed by atoms with E-state index in [0.29, 0.717) is 6.42 Å². The molecular weight excluding hydrogens is 304 g/mol. The van der Waals surface area contributed by atoms with Gasteiger partial charge in [-0.25, -0.2) is 0 Å². The fraction of sp³-hybridized carbons (Fsp3) is 0.900. The molecule has 2 saturated carbocycles. The van der Waals surface area contributed by atoms with Crippen LogP contribution in [0.2, 0.25) is 0 Å². The number of allylic oxidation sites excluding steroid dienone is 1. The zero-order valence-corrected chi connectivity index (χ0v) is 15.4. The van der Waals surface area contributed by atoms with Gasteiger partial charge >= 0.3 is 0 Å². The van der Waals surface area contributed by atoms with Gasteiger partial charge < -0.3 is 20.1 Å². The number of aliphatic hydroxyl groups is 3. The van der Waals surface area contributed by atoms with Gasteiger partial charge in [-0.15, -0.1) is 0 Å². The van der Waals surface area contributed by atoms with E-state index in [1.165, 1.54) is 11.1 Å². The lowest BCUT2D eigenvalue weighted by Crippen LogP contribution is -2.75. The molecule has 0 spiro atoms. The van der Waals surface area contributed by atoms with Crippen molar-refractivity contribution in [3.05, 3.63) is 11.1 Å². The molecule has 3 unspecified atom stereocenters. The number of fused-ring (bicyclic) bond motifs is 5. The second kappa shape index (κ2) is 4.85. The van der Waals surface area contributed by atoms with Crippen molar-refractivity contribution in [1.29, 1.82) is 0 Å². The van der Waals surface area contributed by atoms with Crippen LogP contribution in [0.1, 0.15) is 66.2 Å². The van der Waals surface area contributed by atoms with Crippen LogP contribution in [0.4, 0.5) is 0 Å². The lowest BCUT2D eigenvalue weighted by molar-refractivity contribution is -0.333. The molecule has 3 N–H and O–H groups in total. The van der Waals surface area contributed by atoms with Crippen molar-refractivity contribution in [2.24, 2.45) is 16.7 Å². The maximum atomic E-state index is 11.7. The summed E-state index contributed by atoms with van der Waals surface area (Å²) in [6.45, 7) is 8.79. The van der Waals surface area contributed by atoms with Gasteiger partial charge in [-0.3, -0.25) is 0 Å². The summed E-state index contributed by atoms with van der Waals surface area (Å²) in [4.78, 5) is 0. The maximum Gasteiger partial charge on any atom is 0.120 e. The molecule has 4 rings (SSSR count). The molecule has 0 aromatic carbocycles. The monoisotopic (exact) mass is 336 g/mol. The fourth-order valence-corrected chi connectivity index (χ4v) is 6.52. The molecule has 4 nitrogen and oxygen atoms in total. The fourth-order valence-electron chi connectivity index (χ4n) is 6.52. The van der Waals surface area contributed by atoms with Crippen LogP contribution in [0.3, 0.4) is 0 Å². The molecule has 2 bridgehead atoms. The summed E-state index contributed by atoms with van der Waals surface area (Å²) in [6.07, 6.45) is 3.95. The van der Waals surface area contributed by atoms with Gasteiger partial charge in [0.2, 0.25) is 0 Å². The van der Waals surface area contributed by atoms with Crippen molar-refractivity contribution in [3.8, 4) is 0 Å². The van der Waals surface area contributed by atoms with Crippen LogP contribution >= 0.6 is 0 Å². The van der Waals surface area contributed by atoms with E-state index in [-0.39, 0.29) is 24.0 Å². The summed E-state index contributed by atoms with van der Waals surface area (Å²) < 4.78 is 5.61. The van der Waals surface area contributed by atoms with Crippen molar-refractivity contribution in [3.63, 3.8) is 0 Å². The zero-order chi connectivity index (χ0) is 17.5. The maximum absolute atomic E-state index is 11.7. The first-order chi connectivity index (χ1) is 11.1. The van der Waals surface area contributed by atoms with E-state index < -0.39 is 22.7 Å². The van der Waals surface area contributed by atoms with Crippen LogP contribution in [0.5, 0.6) is 0 Å². The summed E-state index contributed by atoms with van der Waals surface area (Å²) >= 11 is 0. The minimum atomic E-state index is -1.19. The van der Waals surface area contributed by atoms with Gasteiger partial charge in [-0.2, -0.15) is 0 Å². The van der Waals surface area contributed by atoms with Gasteiger partial charge in [0.05, 0.1) is 24.4 Å². The Hall–Kier alpha value is -0.420. The van der Waals surface area contributed by atoms with Crippen LogP contribution in [0, 0.1) is 16.7 Å². The SMILES string of the molecule is CC1=C2CC[C@@]3(C)CCC4OC[C@@]4(O)C3[C@H](O)C(O)(CC1)C2(C)C. The second-order valence-corrected chi connectivity index (χ2v) is 9.71. The molecule has 3 fully saturated rings. The number of rotatable bonds is 0. The molecule has 6 atom stereocenters. The zero-order valence-electron chi connectivity index (χ0n) is 15.4. The average molecular weight is 336 g/mol. The van der Waals surface area contributed by atoms with Crippen molar-refractivity contribution in [2.75, 3.05) is 6.61 Å². The van der Waals surface area contributed by atoms with E-state index in [2.05, 4.69) is 27.7 Å². The second-order valence-electron chi connectivity index (χ2n) is 9.71. The Labute approximate surface area is 144 Å². The van der Waals surface area contributed by atoms with Crippen LogP contribution in [-0.2, 0) is 4.74 Å². The Morgan fingerprint density at radius 3 is 2.38 bits per heavy atom. The molecule has 3 aliphatic carbocycles. The van der Waals surface area contributed by atoms with Crippen LogP contribution in [0.15, 0.2) is 11.1 Å². The van der Waals surface area contributed by atoms with E-state index >= 15 is 0 Å². The van der Waals surface area contributed by atoms with Gasteiger partial charge in [0.1, 0.15) is 5.60 Å². The van der Waals surface area contributed by atoms with E-state index in [1.54, 1.807) is 0 Å². The van der Waals surface area contributed by atoms with Crippen molar-refractivity contribution in [2.45, 2.75) is 89.6 Å². The topological polar surface area (TPSA) is 69.9 Å². The first-order valence-corrected chi connectivity index (χ1v) is 9.50. The Kier molecular flexibility index (Phi) is 3.44. The Morgan fingerprint density at radius 2 is 1.75 bits per heavy atom. The van der Waals surface area contributed by atoms with E-state index in [0.717, 1.165) is 32.1 Å². The average Bonchev–Trinajstić information content (AvgIpc) is 2.48. The summed E-state index contributed by atoms with van der Waals surface area (Å²) in [5, 5.41) is 34.5. The molecule has 0 aromatic heterocycles. The molecule has 4 heteroatoms. The van der Waals surface area contributed by atoms with Crippen molar-refractivity contribution >= 4 is 0 Å². The lowest BCUT2D eigenvalue weighted by Gasteiger charge is -2.65. The lowest BCUT2D eigenvalue weighted by atomic mass is 9.46. The largest absolute Gasteiger partial charge is 0.390 e. The molecule has 4 aliphatic rings. The molecule has 0 radical (unpaired) electrons. The van der Waals surface area contributed by atoms with E-state index in [9.17, 15) is 15.3 Å². The highest BCUT2D eigenvalue weighted by Gasteiger charge is 2.68. The first kappa shape index (κ1) is 17.0. The van der Waals surface area contributed by atoms with Crippen molar-refractivity contribution < 1.29 is 20.1 Å². The van der Waals surface area contributed by atoms with Gasteiger partial charge in [-0.1, -0.05) is 31.9 Å². The molecule has 1 aliphatic heterocycles. The smallest absolute Gasteiger partial charge is 0.120 e. The van der Waals surface area contributed by atoms with Gasteiger partial charge in [0.15, 0.2) is 0 Å². The van der Waals surface area contributed by atoms with Crippen molar-refractivity contribution in [1.82, 2.24) is 0 Å². The van der Waals surface area contributed by atoms with E-state index in [4.69, 9.17) is 4.74 Å². The summed E-state index contributed by atoms with van der Waals surface area (Å²) in [5.41, 5.74) is -0.133. The highest BCUT2D eigenvalue weighted by Crippen LogP contribution is 2.62. The Bertz CT molecular complexity index is 596. The summed E-state index contributed by atoms with van der Waals surface area (Å²) in [5.74, 6) is -0.332. The quantitative estimate of drug-likeness (QED) is 0.595. The molecule has 1 saturated heterocycles. The van der Waals surface area contributed by atoms with Gasteiger partial charge in [-0.05, 0) is 50.9 Å². The van der Waals surface area contributed by atoms with Gasteiger partial charge in [0, 0.05) is 11.3 Å². The molecule has 136 valence electrons. The molecule has 24 heavy (non-hydrogen) atoms. The Balaban J connectivity index is 1.86. The van der Waals surface area contributed by atoms with Crippen LogP contribution < -0.4 is 0 Å². The van der Waals surface area contributed by atoms with E-state index in [1.807, 2.05) is 0 Å². The first-order valence-electron chi connectivity index (χ1n) is 9.50. The van der Waals surface area contributed by atoms with Crippen LogP contribution in [-0.4, -0.2) is 45.3 Å². The normalized spacial score (nSPS) is 53.4. The standard InChI is InChI=1S/C20H32O4/c1-12-5-10-20(23)16(21)15-18(4,8-6-13(12)17(20,2)3)9-7-14-19(15,22)11-24-14/h14-16,21-23H,5-11H2,1-4H3/t14?,15?,16-,18-,19-,20?/m0/s1. The molecule has 1 heterocycles. The predicted molar refractivity (Wildman–Crippen MR) is 91.4 cm³/mol. The number of hydrogen-bond acceptors (Lipinski definition) is 4. The third-order valence-electron chi connectivity index (χ3n) is 8.32. The number of aliphatic hydroxyl groups excluding tert-OH is 1. The minimum Gasteiger partial charge on any atom is -0.390 e. The highest BCUT2D eigenvalue weighted by atomic mass is 16.6. The predicted octanol–water partition coefficient (Wildman–Crippen LogP) is 2.55. The summed E-state index contributed by atoms with van der Waals surface area (Å²) in [7, 11) is 0. The number of ether oxygens (including phenoxy) is 1. The van der Waals surface area contributed by atoms with Crippen LogP contribution in [0.25, 0.3) is 0 Å². The van der Waals surface area contributed by atoms with Gasteiger partial charge in [0.25, 0.3) is 0 Å². The molecular formula is C20H32O4. The summed E-state index contributed by atoms with van der Waals surface area (Å²) in [6, 6.07) is 0. The minimum absolute atomic E-state index is 0.165. The Morgan fingerprint density at radius 1 is 1.04 bits per heavy atom. The highest BCUT2D eigenvalue weighted by molar-refractivity contribution is 5.32. The molecule has 0 aromatic rings.